The molecule has 0 spiro atoms. The van der Waals surface area contributed by atoms with E-state index in [0.29, 0.717) is 50.7 Å². The van der Waals surface area contributed by atoms with E-state index in [1.807, 2.05) is 78.9 Å². The smallest absolute Gasteiger partial charge is 0.167 e. The van der Waals surface area contributed by atoms with Crippen LogP contribution in [-0.4, -0.2) is 19.5 Å². The van der Waals surface area contributed by atoms with Gasteiger partial charge in [0, 0.05) is 27.3 Å². The van der Waals surface area contributed by atoms with Crippen LogP contribution in [0.4, 0.5) is 0 Å². The molecule has 0 aliphatic carbocycles. The molecular weight excluding hydrogens is 589 g/mol. The van der Waals surface area contributed by atoms with Crippen LogP contribution in [0, 0.1) is 0 Å². The Bertz CT molecular complexity index is 3350. The summed E-state index contributed by atoms with van der Waals surface area (Å²) < 4.78 is 97.1. The summed E-state index contributed by atoms with van der Waals surface area (Å²) in [6.07, 6.45) is 0. The van der Waals surface area contributed by atoms with Crippen molar-refractivity contribution >= 4 is 54.5 Å². The Morgan fingerprint density at radius 2 is 1.15 bits per heavy atom. The summed E-state index contributed by atoms with van der Waals surface area (Å²) in [7, 11) is 0. The monoisotopic (exact) mass is 624 g/mol. The second-order valence-electron chi connectivity index (χ2n) is 11.3. The highest BCUT2D eigenvalue weighted by atomic mass is 16.3. The second-order valence-corrected chi connectivity index (χ2v) is 11.3. The van der Waals surface area contributed by atoms with E-state index in [0.717, 1.165) is 11.1 Å². The third-order valence-electron chi connectivity index (χ3n) is 8.47. The molecule has 7 aromatic carbocycles. The van der Waals surface area contributed by atoms with Crippen LogP contribution in [0.5, 0.6) is 0 Å². The number of hydrogen-bond acceptors (Lipinski definition) is 4. The molecule has 0 amide bonds. The van der Waals surface area contributed by atoms with Gasteiger partial charge in [0.05, 0.1) is 41.4 Å². The van der Waals surface area contributed by atoms with Crippen LogP contribution in [0.15, 0.2) is 162 Å². The summed E-state index contributed by atoms with van der Waals surface area (Å²) in [5.41, 5.74) is 3.11. The van der Waals surface area contributed by atoms with Gasteiger partial charge in [-0.3, -0.25) is 0 Å². The summed E-state index contributed by atoms with van der Waals surface area (Å²) in [6.45, 7) is 0. The molecule has 0 saturated carbocycles. The van der Waals surface area contributed by atoms with E-state index in [1.54, 1.807) is 18.2 Å². The average molecular weight is 625 g/mol. The number of nitrogens with zero attached hydrogens (tertiary/aromatic N) is 4. The molecule has 48 heavy (non-hydrogen) atoms. The van der Waals surface area contributed by atoms with Gasteiger partial charge >= 0.3 is 0 Å². The molecule has 0 bridgehead atoms. The molecule has 5 heteroatoms. The first-order valence-corrected chi connectivity index (χ1v) is 15.2. The van der Waals surface area contributed by atoms with E-state index < -0.39 is 54.4 Å². The highest BCUT2D eigenvalue weighted by Gasteiger charge is 2.23. The Morgan fingerprint density at radius 3 is 1.90 bits per heavy atom. The van der Waals surface area contributed by atoms with Gasteiger partial charge < -0.3 is 8.98 Å². The van der Waals surface area contributed by atoms with Crippen molar-refractivity contribution in [1.82, 2.24) is 19.5 Å². The van der Waals surface area contributed by atoms with E-state index in [4.69, 9.17) is 29.0 Å². The predicted molar refractivity (Wildman–Crippen MR) is 195 cm³/mol. The average Bonchev–Trinajstić information content (AvgIpc) is 3.83. The summed E-state index contributed by atoms with van der Waals surface area (Å²) >= 11 is 0. The number of furan rings is 1. The minimum absolute atomic E-state index is 0.0262. The van der Waals surface area contributed by atoms with Crippen molar-refractivity contribution in [3.63, 3.8) is 0 Å². The first kappa shape index (κ1) is 18.5. The van der Waals surface area contributed by atoms with Gasteiger partial charge in [-0.2, -0.15) is 0 Å². The number of hydrogen-bond donors (Lipinski definition) is 0. The summed E-state index contributed by atoms with van der Waals surface area (Å²) in [4.78, 5) is 14.7. The SMILES string of the molecule is [2H]c1c([2H])c([2H])c2c([2H])c3c(c([2H])c2c1[2H])c1c([2H])c([2H])c([2H])c([2H])c1n3-c1ccc(-c2nc(-c3ccccc3)nc(-c3ccccc3)n2)c2oc3ccccc3c12. The van der Waals surface area contributed by atoms with E-state index in [-0.39, 0.29) is 38.6 Å². The maximum atomic E-state index is 9.61. The molecule has 10 aromatic rings. The van der Waals surface area contributed by atoms with E-state index >= 15 is 0 Å². The van der Waals surface area contributed by atoms with Crippen LogP contribution in [0.2, 0.25) is 0 Å². The molecule has 3 heterocycles. The van der Waals surface area contributed by atoms with E-state index in [2.05, 4.69) is 0 Å². The normalized spacial score (nSPS) is 14.7. The summed E-state index contributed by atoms with van der Waals surface area (Å²) in [5, 5.41) is 0.583. The van der Waals surface area contributed by atoms with Gasteiger partial charge in [0.2, 0.25) is 0 Å². The summed E-state index contributed by atoms with van der Waals surface area (Å²) in [5.74, 6) is 1.15. The van der Waals surface area contributed by atoms with Crippen LogP contribution >= 0.6 is 0 Å². The van der Waals surface area contributed by atoms with Crippen LogP contribution in [-0.2, 0) is 0 Å². The molecule has 0 radical (unpaired) electrons. The molecule has 0 saturated heterocycles. The Kier molecular flexibility index (Phi) is 4.04. The lowest BCUT2D eigenvalue weighted by molar-refractivity contribution is 0.669. The molecule has 5 nitrogen and oxygen atoms in total. The van der Waals surface area contributed by atoms with Crippen molar-refractivity contribution in [2.75, 3.05) is 0 Å². The van der Waals surface area contributed by atoms with Crippen LogP contribution in [0.25, 0.3) is 94.4 Å². The van der Waals surface area contributed by atoms with Crippen molar-refractivity contribution in [3.05, 3.63) is 157 Å². The Balaban J connectivity index is 1.38. The predicted octanol–water partition coefficient (Wildman–Crippen LogP) is 11.0. The molecule has 0 aliphatic heterocycles. The standard InChI is InChI=1S/C43H26N4O/c1-3-13-27(14-4-1)41-44-42(28-15-5-2-6-16-28)46-43(45-41)33-23-24-36(39-32-20-10-12-22-38(32)48-40(33)39)47-35-21-11-9-19-31(35)34-25-29-17-7-8-18-30(29)26-37(34)47/h1-26H/i7D,8D,9D,11D,17D,18D,19D,21D,25D,26D. The Labute approximate surface area is 289 Å². The molecular formula is C43H26N4O. The van der Waals surface area contributed by atoms with Crippen LogP contribution < -0.4 is 0 Å². The number of aromatic nitrogens is 4. The van der Waals surface area contributed by atoms with Crippen molar-refractivity contribution in [3.8, 4) is 39.9 Å². The Morgan fingerprint density at radius 1 is 0.521 bits per heavy atom. The number of rotatable bonds is 4. The zero-order chi connectivity index (χ0) is 40.3. The lowest BCUT2D eigenvalue weighted by Crippen LogP contribution is -2.01. The molecule has 0 N–H and O–H groups in total. The van der Waals surface area contributed by atoms with Crippen molar-refractivity contribution in [2.45, 2.75) is 0 Å². The lowest BCUT2D eigenvalue weighted by Gasteiger charge is -2.13. The third kappa shape index (κ3) is 4.08. The van der Waals surface area contributed by atoms with Gasteiger partial charge in [-0.15, -0.1) is 0 Å². The van der Waals surface area contributed by atoms with Gasteiger partial charge in [-0.25, -0.2) is 15.0 Å². The van der Waals surface area contributed by atoms with Gasteiger partial charge in [0.25, 0.3) is 0 Å². The van der Waals surface area contributed by atoms with Gasteiger partial charge in [0.1, 0.15) is 11.2 Å². The fraction of sp³-hybridized carbons (Fsp3) is 0. The van der Waals surface area contributed by atoms with Crippen molar-refractivity contribution in [2.24, 2.45) is 0 Å². The molecule has 0 fully saturated rings. The number of benzene rings is 7. The first-order valence-electron chi connectivity index (χ1n) is 20.2. The first-order chi connectivity index (χ1) is 28.0. The zero-order valence-corrected chi connectivity index (χ0v) is 24.9. The quantitative estimate of drug-likeness (QED) is 0.195. The largest absolute Gasteiger partial charge is 0.455 e. The fourth-order valence-corrected chi connectivity index (χ4v) is 6.32. The molecule has 0 unspecified atom stereocenters. The fourth-order valence-electron chi connectivity index (χ4n) is 6.32. The minimum atomic E-state index is -0.582. The third-order valence-corrected chi connectivity index (χ3v) is 8.47. The van der Waals surface area contributed by atoms with Crippen LogP contribution in [0.3, 0.4) is 0 Å². The lowest BCUT2D eigenvalue weighted by atomic mass is 10.0. The van der Waals surface area contributed by atoms with Crippen molar-refractivity contribution in [1.29, 1.82) is 0 Å². The maximum Gasteiger partial charge on any atom is 0.167 e. The molecule has 3 aromatic heterocycles. The van der Waals surface area contributed by atoms with E-state index in [9.17, 15) is 4.11 Å². The van der Waals surface area contributed by atoms with Gasteiger partial charge in [0.15, 0.2) is 17.5 Å². The number of fused-ring (bicyclic) bond motifs is 7. The zero-order valence-electron chi connectivity index (χ0n) is 34.9. The molecule has 224 valence electrons. The van der Waals surface area contributed by atoms with Crippen molar-refractivity contribution < 1.29 is 18.1 Å². The van der Waals surface area contributed by atoms with Crippen LogP contribution in [0.1, 0.15) is 13.7 Å². The summed E-state index contributed by atoms with van der Waals surface area (Å²) in [6, 6.07) is 24.8. The minimum Gasteiger partial charge on any atom is -0.455 e. The Hall–Kier alpha value is -6.59. The maximum absolute atomic E-state index is 9.61. The topological polar surface area (TPSA) is 56.7 Å². The van der Waals surface area contributed by atoms with Gasteiger partial charge in [-0.05, 0) is 47.1 Å². The molecule has 0 atom stereocenters. The second kappa shape index (κ2) is 10.5. The highest BCUT2D eigenvalue weighted by Crippen LogP contribution is 2.42. The number of para-hydroxylation sites is 2. The highest BCUT2D eigenvalue weighted by molar-refractivity contribution is 6.18. The molecule has 10 rings (SSSR count). The molecule has 0 aliphatic rings. The van der Waals surface area contributed by atoms with Gasteiger partial charge in [-0.1, -0.05) is 121 Å². The van der Waals surface area contributed by atoms with E-state index in [1.165, 1.54) is 4.57 Å².